The van der Waals surface area contributed by atoms with Gasteiger partial charge >= 0.3 is 11.5 Å². The lowest BCUT2D eigenvalue weighted by Gasteiger charge is -2.27. The van der Waals surface area contributed by atoms with Gasteiger partial charge in [0.1, 0.15) is 11.4 Å². The summed E-state index contributed by atoms with van der Waals surface area (Å²) in [6.45, 7) is 5.38. The molecule has 3 aromatic rings. The molecule has 0 unspecified atom stereocenters. The molecule has 4 rings (SSSR count). The van der Waals surface area contributed by atoms with E-state index in [2.05, 4.69) is 10.3 Å². The van der Waals surface area contributed by atoms with Crippen LogP contribution in [0.15, 0.2) is 71.8 Å². The average Bonchev–Trinajstić information content (AvgIpc) is 3.01. The van der Waals surface area contributed by atoms with Crippen LogP contribution in [0.1, 0.15) is 35.3 Å². The van der Waals surface area contributed by atoms with Gasteiger partial charge in [0, 0.05) is 23.2 Å². The summed E-state index contributed by atoms with van der Waals surface area (Å²) in [5, 5.41) is 2.76. The highest BCUT2D eigenvalue weighted by Crippen LogP contribution is 2.38. The molecular formula is C27H25F3N4O3S. The van der Waals surface area contributed by atoms with Gasteiger partial charge in [0.15, 0.2) is 0 Å². The lowest BCUT2D eigenvalue weighted by atomic mass is 10.0. The second-order valence-corrected chi connectivity index (χ2v) is 10.4. The molecular weight excluding hydrogens is 517 g/mol. The van der Waals surface area contributed by atoms with Crippen molar-refractivity contribution in [3.8, 4) is 0 Å². The quantitative estimate of drug-likeness (QED) is 0.291. The van der Waals surface area contributed by atoms with Crippen LogP contribution in [0.4, 0.5) is 29.5 Å². The number of aryl methyl sites for hydroxylation is 1. The monoisotopic (exact) mass is 542 g/mol. The number of nitrogens with zero attached hydrogens (tertiary/aromatic N) is 3. The fourth-order valence-electron chi connectivity index (χ4n) is 4.07. The summed E-state index contributed by atoms with van der Waals surface area (Å²) < 4.78 is 37.9. The number of carbonyl (C=O) groups excluding carboxylic acids is 3. The van der Waals surface area contributed by atoms with Crippen molar-refractivity contribution in [1.29, 1.82) is 0 Å². The first-order chi connectivity index (χ1) is 17.8. The molecule has 0 spiro atoms. The van der Waals surface area contributed by atoms with Crippen LogP contribution in [-0.4, -0.2) is 45.3 Å². The number of nitrogens with one attached hydrogen (secondary N) is 1. The molecule has 1 aliphatic rings. The van der Waals surface area contributed by atoms with Gasteiger partial charge in [0.05, 0.1) is 5.69 Å². The molecule has 1 N–H and O–H groups in total. The Morgan fingerprint density at radius 2 is 1.68 bits per heavy atom. The smallest absolute Gasteiger partial charge is 0.309 e. The molecule has 0 saturated carbocycles. The zero-order valence-electron chi connectivity index (χ0n) is 20.9. The van der Waals surface area contributed by atoms with E-state index in [4.69, 9.17) is 0 Å². The molecule has 0 radical (unpaired) electrons. The van der Waals surface area contributed by atoms with Gasteiger partial charge in [-0.25, -0.2) is 14.7 Å². The predicted octanol–water partition coefficient (Wildman–Crippen LogP) is 6.04. The normalized spacial score (nSPS) is 15.2. The highest BCUT2D eigenvalue weighted by Gasteiger charge is 2.51. The average molecular weight is 543 g/mol. The molecule has 38 heavy (non-hydrogen) atoms. The van der Waals surface area contributed by atoms with Crippen LogP contribution in [0.3, 0.4) is 0 Å². The van der Waals surface area contributed by atoms with E-state index in [0.29, 0.717) is 17.8 Å². The number of urea groups is 1. The number of amides is 4. The largest absolute Gasteiger partial charge is 0.446 e. The van der Waals surface area contributed by atoms with Crippen LogP contribution in [0, 0.1) is 6.92 Å². The Morgan fingerprint density at radius 3 is 2.32 bits per heavy atom. The van der Waals surface area contributed by atoms with Crippen molar-refractivity contribution in [3.63, 3.8) is 0 Å². The maximum absolute atomic E-state index is 13.2. The van der Waals surface area contributed by atoms with Crippen LogP contribution < -0.4 is 10.2 Å². The number of anilines is 2. The van der Waals surface area contributed by atoms with Gasteiger partial charge in [-0.3, -0.25) is 9.59 Å². The first kappa shape index (κ1) is 27.2. The Hall–Kier alpha value is -3.86. The number of thioether (sulfide) groups is 1. The molecule has 2 heterocycles. The van der Waals surface area contributed by atoms with Crippen LogP contribution in [0.5, 0.6) is 0 Å². The van der Waals surface area contributed by atoms with E-state index in [1.807, 2.05) is 19.1 Å². The lowest BCUT2D eigenvalue weighted by molar-refractivity contribution is -0.123. The zero-order valence-corrected chi connectivity index (χ0v) is 21.7. The second-order valence-electron chi connectivity index (χ2n) is 9.29. The van der Waals surface area contributed by atoms with E-state index in [1.165, 1.54) is 29.2 Å². The molecule has 4 amide bonds. The molecule has 1 saturated heterocycles. The van der Waals surface area contributed by atoms with E-state index >= 15 is 0 Å². The number of imide groups is 1. The van der Waals surface area contributed by atoms with Crippen LogP contribution in [0.2, 0.25) is 0 Å². The number of hydrogen-bond donors (Lipinski definition) is 1. The minimum Gasteiger partial charge on any atom is -0.309 e. The predicted molar refractivity (Wildman–Crippen MR) is 139 cm³/mol. The summed E-state index contributed by atoms with van der Waals surface area (Å²) >= 11 is -0.267. The highest BCUT2D eigenvalue weighted by molar-refractivity contribution is 8.00. The number of halogens is 3. The maximum Gasteiger partial charge on any atom is 0.446 e. The molecule has 0 aliphatic carbocycles. The van der Waals surface area contributed by atoms with E-state index in [9.17, 15) is 27.6 Å². The zero-order chi connectivity index (χ0) is 27.7. The van der Waals surface area contributed by atoms with Crippen molar-refractivity contribution in [1.82, 2.24) is 9.88 Å². The number of rotatable bonds is 7. The molecule has 11 heteroatoms. The fraction of sp³-hybridized carbons (Fsp3) is 0.259. The summed E-state index contributed by atoms with van der Waals surface area (Å²) in [6.07, 6.45) is 1.93. The standard InChI is InChI=1S/C27H25F3N4O3S/c1-17-4-6-19(7-5-17)23(35)32-22-16-18(12-14-31-22)13-15-33-25(37)34(24(36)26(33,2)3)20-8-10-21(11-9-20)38-27(28,29)30/h4-12,14,16H,13,15H2,1-3H3,(H,31,32,35). The number of aromatic nitrogens is 1. The second kappa shape index (κ2) is 10.5. The van der Waals surface area contributed by atoms with Gasteiger partial charge < -0.3 is 10.2 Å². The Labute approximate surface area is 222 Å². The van der Waals surface area contributed by atoms with Crippen LogP contribution in [0.25, 0.3) is 0 Å². The van der Waals surface area contributed by atoms with E-state index in [1.54, 1.807) is 44.3 Å². The SMILES string of the molecule is Cc1ccc(C(=O)Nc2cc(CCN3C(=O)N(c4ccc(SC(F)(F)F)cc4)C(=O)C3(C)C)ccn2)cc1. The fourth-order valence-corrected chi connectivity index (χ4v) is 4.61. The van der Waals surface area contributed by atoms with Crippen molar-refractivity contribution in [2.75, 3.05) is 16.8 Å². The Bertz CT molecular complexity index is 1360. The summed E-state index contributed by atoms with van der Waals surface area (Å²) in [6, 6.07) is 15.1. The van der Waals surface area contributed by atoms with Crippen molar-refractivity contribution < 1.29 is 27.6 Å². The molecule has 7 nitrogen and oxygen atoms in total. The van der Waals surface area contributed by atoms with E-state index in [0.717, 1.165) is 16.0 Å². The molecule has 198 valence electrons. The van der Waals surface area contributed by atoms with Crippen molar-refractivity contribution >= 4 is 41.1 Å². The summed E-state index contributed by atoms with van der Waals surface area (Å²) in [4.78, 5) is 45.5. The molecule has 2 aromatic carbocycles. The number of benzene rings is 2. The molecule has 1 aromatic heterocycles. The Kier molecular flexibility index (Phi) is 7.50. The van der Waals surface area contributed by atoms with Crippen LogP contribution >= 0.6 is 11.8 Å². The molecule has 0 bridgehead atoms. The lowest BCUT2D eigenvalue weighted by Crippen LogP contribution is -2.45. The van der Waals surface area contributed by atoms with Gasteiger partial charge in [-0.05, 0) is 93.0 Å². The van der Waals surface area contributed by atoms with Gasteiger partial charge in [0.25, 0.3) is 11.8 Å². The Morgan fingerprint density at radius 1 is 1.03 bits per heavy atom. The van der Waals surface area contributed by atoms with Crippen molar-refractivity contribution in [2.24, 2.45) is 0 Å². The third kappa shape index (κ3) is 5.99. The van der Waals surface area contributed by atoms with Gasteiger partial charge in [0.2, 0.25) is 0 Å². The van der Waals surface area contributed by atoms with Gasteiger partial charge in [-0.1, -0.05) is 17.7 Å². The summed E-state index contributed by atoms with van der Waals surface area (Å²) in [7, 11) is 0. The van der Waals surface area contributed by atoms with Crippen molar-refractivity contribution in [2.45, 2.75) is 43.1 Å². The minimum atomic E-state index is -4.43. The van der Waals surface area contributed by atoms with Gasteiger partial charge in [-0.15, -0.1) is 0 Å². The number of hydrogen-bond acceptors (Lipinski definition) is 5. The van der Waals surface area contributed by atoms with Crippen LogP contribution in [-0.2, 0) is 11.2 Å². The summed E-state index contributed by atoms with van der Waals surface area (Å²) in [5.41, 5.74) is -3.07. The first-order valence-electron chi connectivity index (χ1n) is 11.7. The minimum absolute atomic E-state index is 0.0422. The third-order valence-corrected chi connectivity index (χ3v) is 6.90. The summed E-state index contributed by atoms with van der Waals surface area (Å²) in [5.74, 6) is -0.416. The van der Waals surface area contributed by atoms with Crippen molar-refractivity contribution in [3.05, 3.63) is 83.6 Å². The van der Waals surface area contributed by atoms with E-state index < -0.39 is 23.0 Å². The number of alkyl halides is 3. The maximum atomic E-state index is 13.2. The van der Waals surface area contributed by atoms with E-state index in [-0.39, 0.29) is 34.8 Å². The molecule has 1 aliphatic heterocycles. The number of carbonyl (C=O) groups is 3. The van der Waals surface area contributed by atoms with Gasteiger partial charge in [-0.2, -0.15) is 13.2 Å². The molecule has 1 fully saturated rings. The topological polar surface area (TPSA) is 82.6 Å². The first-order valence-corrected chi connectivity index (χ1v) is 12.5. The number of pyridine rings is 1. The Balaban J connectivity index is 1.44. The molecule has 0 atom stereocenters. The third-order valence-electron chi connectivity index (χ3n) is 6.16. The highest BCUT2D eigenvalue weighted by atomic mass is 32.2.